The van der Waals surface area contributed by atoms with E-state index in [0.717, 1.165) is 16.0 Å². The minimum Gasteiger partial charge on any atom is -0.497 e. The Morgan fingerprint density at radius 1 is 1.22 bits per heavy atom. The molecule has 2 heterocycles. The molecule has 0 aliphatic heterocycles. The lowest BCUT2D eigenvalue weighted by molar-refractivity contribution is -0.141. The minimum atomic E-state index is -4.71. The molecular formula is C21H23ClF3N5O2. The summed E-state index contributed by atoms with van der Waals surface area (Å²) in [6, 6.07) is 6.51. The lowest BCUT2D eigenvalue weighted by Crippen LogP contribution is -2.26. The Balaban J connectivity index is 1.82. The van der Waals surface area contributed by atoms with E-state index in [2.05, 4.69) is 15.5 Å². The number of carbonyl (C=O) groups excluding carboxylic acids is 1. The van der Waals surface area contributed by atoms with Gasteiger partial charge in [0, 0.05) is 0 Å². The third kappa shape index (κ3) is 4.59. The van der Waals surface area contributed by atoms with Crippen LogP contribution in [0.3, 0.4) is 0 Å². The number of aryl methyl sites for hydroxylation is 1. The van der Waals surface area contributed by atoms with Gasteiger partial charge < -0.3 is 10.1 Å². The quantitative estimate of drug-likeness (QED) is 0.555. The van der Waals surface area contributed by atoms with Crippen LogP contribution in [0.2, 0.25) is 5.02 Å². The SMILES string of the molecule is COc1cccc(Cn2nc(C)c(NC(=O)C(C)n3nc(C(F)(F)F)c(Cl)c3C)c2C)c1. The molecule has 7 nitrogen and oxygen atoms in total. The van der Waals surface area contributed by atoms with E-state index in [4.69, 9.17) is 16.3 Å². The number of methoxy groups -OCH3 is 1. The Morgan fingerprint density at radius 3 is 2.50 bits per heavy atom. The first-order chi connectivity index (χ1) is 14.9. The molecule has 0 aliphatic rings. The van der Waals surface area contributed by atoms with Crippen LogP contribution in [0.15, 0.2) is 24.3 Å². The number of hydrogen-bond acceptors (Lipinski definition) is 4. The molecule has 0 saturated carbocycles. The van der Waals surface area contributed by atoms with Gasteiger partial charge in [-0.25, -0.2) is 0 Å². The zero-order chi connectivity index (χ0) is 23.8. The summed E-state index contributed by atoms with van der Waals surface area (Å²) in [5.74, 6) is 0.186. The second kappa shape index (κ2) is 8.85. The Hall–Kier alpha value is -3.01. The van der Waals surface area contributed by atoms with Gasteiger partial charge in [-0.3, -0.25) is 14.2 Å². The van der Waals surface area contributed by atoms with Crippen molar-refractivity contribution in [3.8, 4) is 5.75 Å². The largest absolute Gasteiger partial charge is 0.497 e. The molecule has 1 N–H and O–H groups in total. The zero-order valence-electron chi connectivity index (χ0n) is 18.2. The van der Waals surface area contributed by atoms with Crippen molar-refractivity contribution < 1.29 is 22.7 Å². The molecule has 0 spiro atoms. The molecule has 1 amide bonds. The third-order valence-electron chi connectivity index (χ3n) is 5.19. The van der Waals surface area contributed by atoms with Crippen molar-refractivity contribution in [1.29, 1.82) is 0 Å². The summed E-state index contributed by atoms with van der Waals surface area (Å²) in [6.07, 6.45) is -4.71. The number of aromatic nitrogens is 4. The summed E-state index contributed by atoms with van der Waals surface area (Å²) in [5.41, 5.74) is 1.59. The number of anilines is 1. The molecule has 172 valence electrons. The minimum absolute atomic E-state index is 0.0591. The highest BCUT2D eigenvalue weighted by Gasteiger charge is 2.39. The van der Waals surface area contributed by atoms with Crippen LogP contribution < -0.4 is 10.1 Å². The summed E-state index contributed by atoms with van der Waals surface area (Å²) in [7, 11) is 1.59. The highest BCUT2D eigenvalue weighted by Crippen LogP contribution is 2.36. The average molecular weight is 470 g/mol. The number of rotatable bonds is 6. The molecule has 0 bridgehead atoms. The molecule has 0 fully saturated rings. The summed E-state index contributed by atoms with van der Waals surface area (Å²) in [5, 5.41) is 10.3. The smallest absolute Gasteiger partial charge is 0.436 e. The van der Waals surface area contributed by atoms with Crippen LogP contribution >= 0.6 is 11.6 Å². The van der Waals surface area contributed by atoms with E-state index in [-0.39, 0.29) is 5.69 Å². The van der Waals surface area contributed by atoms with Crippen LogP contribution in [0, 0.1) is 20.8 Å². The Bertz CT molecular complexity index is 1150. The van der Waals surface area contributed by atoms with Crippen molar-refractivity contribution in [3.05, 3.63) is 57.6 Å². The number of hydrogen-bond donors (Lipinski definition) is 1. The number of amides is 1. The van der Waals surface area contributed by atoms with E-state index < -0.39 is 28.8 Å². The molecule has 11 heteroatoms. The molecule has 1 atom stereocenters. The van der Waals surface area contributed by atoms with Crippen LogP contribution in [0.4, 0.5) is 18.9 Å². The number of nitrogens with one attached hydrogen (secondary N) is 1. The monoisotopic (exact) mass is 469 g/mol. The highest BCUT2D eigenvalue weighted by atomic mass is 35.5. The number of carbonyl (C=O) groups is 1. The highest BCUT2D eigenvalue weighted by molar-refractivity contribution is 6.32. The molecule has 0 saturated heterocycles. The first-order valence-corrected chi connectivity index (χ1v) is 10.1. The van der Waals surface area contributed by atoms with E-state index >= 15 is 0 Å². The van der Waals surface area contributed by atoms with Gasteiger partial charge in [0.1, 0.15) is 11.8 Å². The summed E-state index contributed by atoms with van der Waals surface area (Å²) in [6.45, 7) is 6.84. The average Bonchev–Trinajstić information content (AvgIpc) is 3.18. The number of benzene rings is 1. The Labute approximate surface area is 188 Å². The number of halogens is 4. The fourth-order valence-electron chi connectivity index (χ4n) is 3.37. The molecule has 32 heavy (non-hydrogen) atoms. The first kappa shape index (κ1) is 23.6. The maximum Gasteiger partial charge on any atom is 0.436 e. The van der Waals surface area contributed by atoms with Crippen molar-refractivity contribution in [2.24, 2.45) is 0 Å². The molecule has 2 aromatic heterocycles. The van der Waals surface area contributed by atoms with Crippen molar-refractivity contribution in [2.75, 3.05) is 12.4 Å². The third-order valence-corrected chi connectivity index (χ3v) is 5.64. The predicted molar refractivity (Wildman–Crippen MR) is 114 cm³/mol. The van der Waals surface area contributed by atoms with Gasteiger partial charge >= 0.3 is 6.18 Å². The number of nitrogens with zero attached hydrogens (tertiary/aromatic N) is 4. The Kier molecular flexibility index (Phi) is 6.54. The fraction of sp³-hybridized carbons (Fsp3) is 0.381. The van der Waals surface area contributed by atoms with E-state index in [1.54, 1.807) is 25.6 Å². The van der Waals surface area contributed by atoms with E-state index in [1.165, 1.54) is 13.8 Å². The van der Waals surface area contributed by atoms with Gasteiger partial charge in [0.2, 0.25) is 5.91 Å². The normalized spacial score (nSPS) is 12.7. The van der Waals surface area contributed by atoms with Gasteiger partial charge in [0.15, 0.2) is 5.69 Å². The molecule has 1 aromatic carbocycles. The lowest BCUT2D eigenvalue weighted by Gasteiger charge is -2.15. The topological polar surface area (TPSA) is 74.0 Å². The summed E-state index contributed by atoms with van der Waals surface area (Å²) in [4.78, 5) is 12.8. The Morgan fingerprint density at radius 2 is 1.91 bits per heavy atom. The van der Waals surface area contributed by atoms with E-state index in [9.17, 15) is 18.0 Å². The van der Waals surface area contributed by atoms with Crippen LogP contribution in [0.5, 0.6) is 5.75 Å². The molecule has 0 aliphatic carbocycles. The molecular weight excluding hydrogens is 447 g/mol. The maximum absolute atomic E-state index is 13.1. The molecule has 0 radical (unpaired) electrons. The number of alkyl halides is 3. The first-order valence-electron chi connectivity index (χ1n) is 9.73. The standard InChI is InChI=1S/C21H23ClF3N5O2/c1-11-18(13(3)29(27-11)10-15-7-6-8-16(9-15)32-5)26-20(31)14(4)30-12(2)17(22)19(28-30)21(23,24)25/h6-9,14H,10H2,1-5H3,(H,26,31). The van der Waals surface area contributed by atoms with Crippen LogP contribution in [-0.4, -0.2) is 32.6 Å². The van der Waals surface area contributed by atoms with Gasteiger partial charge in [0.25, 0.3) is 0 Å². The van der Waals surface area contributed by atoms with Gasteiger partial charge in [-0.1, -0.05) is 23.7 Å². The fourth-order valence-corrected chi connectivity index (χ4v) is 3.60. The lowest BCUT2D eigenvalue weighted by atomic mass is 10.2. The molecule has 3 rings (SSSR count). The summed E-state index contributed by atoms with van der Waals surface area (Å²) < 4.78 is 47.3. The van der Waals surface area contributed by atoms with Crippen molar-refractivity contribution >= 4 is 23.2 Å². The predicted octanol–water partition coefficient (Wildman–Crippen LogP) is 4.93. The maximum atomic E-state index is 13.1. The van der Waals surface area contributed by atoms with E-state index in [0.29, 0.717) is 23.6 Å². The van der Waals surface area contributed by atoms with Crippen molar-refractivity contribution in [1.82, 2.24) is 19.6 Å². The zero-order valence-corrected chi connectivity index (χ0v) is 19.0. The van der Waals surface area contributed by atoms with Gasteiger partial charge in [0.05, 0.1) is 41.4 Å². The van der Waals surface area contributed by atoms with Crippen LogP contribution in [0.25, 0.3) is 0 Å². The number of ether oxygens (including phenoxy) is 1. The summed E-state index contributed by atoms with van der Waals surface area (Å²) >= 11 is 5.80. The van der Waals surface area contributed by atoms with Crippen LogP contribution in [0.1, 0.15) is 41.3 Å². The van der Waals surface area contributed by atoms with E-state index in [1.807, 2.05) is 24.3 Å². The van der Waals surface area contributed by atoms with Crippen LogP contribution in [-0.2, 0) is 17.5 Å². The van der Waals surface area contributed by atoms with Gasteiger partial charge in [-0.15, -0.1) is 0 Å². The van der Waals surface area contributed by atoms with Gasteiger partial charge in [-0.05, 0) is 45.4 Å². The van der Waals surface area contributed by atoms with Gasteiger partial charge in [-0.2, -0.15) is 23.4 Å². The molecule has 1 unspecified atom stereocenters. The second-order valence-electron chi connectivity index (χ2n) is 7.41. The molecule has 3 aromatic rings. The van der Waals surface area contributed by atoms with Crippen molar-refractivity contribution in [2.45, 2.75) is 46.5 Å². The van der Waals surface area contributed by atoms with Crippen molar-refractivity contribution in [3.63, 3.8) is 0 Å². The second-order valence-corrected chi connectivity index (χ2v) is 7.79.